The van der Waals surface area contributed by atoms with Crippen LogP contribution < -0.4 is 4.74 Å². The number of rotatable bonds is 7. The lowest BCUT2D eigenvalue weighted by Crippen LogP contribution is -2.07. The van der Waals surface area contributed by atoms with Crippen LogP contribution in [0.3, 0.4) is 0 Å². The van der Waals surface area contributed by atoms with Gasteiger partial charge in [-0.25, -0.2) is 4.98 Å². The van der Waals surface area contributed by atoms with Crippen molar-refractivity contribution in [2.24, 2.45) is 0 Å². The zero-order chi connectivity index (χ0) is 19.8. The van der Waals surface area contributed by atoms with Crippen molar-refractivity contribution in [2.45, 2.75) is 42.8 Å². The van der Waals surface area contributed by atoms with Crippen molar-refractivity contribution in [3.63, 3.8) is 0 Å². The molecular weight excluding hydrogens is 424 g/mol. The van der Waals surface area contributed by atoms with Gasteiger partial charge in [0.15, 0.2) is 11.0 Å². The highest BCUT2D eigenvalue weighted by atomic mass is 35.5. The van der Waals surface area contributed by atoms with Crippen LogP contribution in [0.25, 0.3) is 10.2 Å². The zero-order valence-electron chi connectivity index (χ0n) is 15.8. The quantitative estimate of drug-likeness (QED) is 0.314. The summed E-state index contributed by atoms with van der Waals surface area (Å²) in [6.07, 6.45) is 2.31. The van der Waals surface area contributed by atoms with Crippen LogP contribution in [0, 0.1) is 0 Å². The Labute approximate surface area is 182 Å². The van der Waals surface area contributed by atoms with Gasteiger partial charge in [-0.05, 0) is 44.0 Å². The van der Waals surface area contributed by atoms with Crippen molar-refractivity contribution in [1.82, 2.24) is 19.7 Å². The Hall–Kier alpha value is -2.09. The first kappa shape index (κ1) is 18.9. The lowest BCUT2D eigenvalue weighted by Gasteiger charge is -2.12. The topological polar surface area (TPSA) is 52.8 Å². The van der Waals surface area contributed by atoms with Gasteiger partial charge in [-0.3, -0.25) is 4.57 Å². The Bertz CT molecular complexity index is 1120. The molecule has 1 aliphatic rings. The van der Waals surface area contributed by atoms with Crippen LogP contribution in [0.1, 0.15) is 41.9 Å². The molecule has 0 radical (unpaired) electrons. The van der Waals surface area contributed by atoms with Crippen molar-refractivity contribution in [3.8, 4) is 5.75 Å². The molecule has 0 N–H and O–H groups in total. The molecule has 1 saturated carbocycles. The summed E-state index contributed by atoms with van der Waals surface area (Å²) in [6, 6.07) is 16.2. The molecule has 1 unspecified atom stereocenters. The number of fused-ring (bicyclic) bond motifs is 1. The van der Waals surface area contributed by atoms with Gasteiger partial charge in [-0.15, -0.1) is 21.5 Å². The van der Waals surface area contributed by atoms with Crippen LogP contribution in [0.15, 0.2) is 53.7 Å². The van der Waals surface area contributed by atoms with E-state index in [1.807, 2.05) is 30.3 Å². The summed E-state index contributed by atoms with van der Waals surface area (Å²) >= 11 is 9.65. The summed E-state index contributed by atoms with van der Waals surface area (Å²) in [5.41, 5.74) is 1.05. The van der Waals surface area contributed by atoms with Crippen molar-refractivity contribution >= 4 is 44.9 Å². The average Bonchev–Trinajstić information content (AvgIpc) is 3.34. The molecule has 5 rings (SSSR count). The smallest absolute Gasteiger partial charge is 0.192 e. The third kappa shape index (κ3) is 3.99. The molecule has 2 aromatic heterocycles. The normalized spacial score (nSPS) is 15.0. The molecule has 1 fully saturated rings. The number of para-hydroxylation sites is 2. The van der Waals surface area contributed by atoms with Gasteiger partial charge in [0.1, 0.15) is 17.4 Å². The Morgan fingerprint density at radius 3 is 2.76 bits per heavy atom. The van der Waals surface area contributed by atoms with Gasteiger partial charge >= 0.3 is 0 Å². The summed E-state index contributed by atoms with van der Waals surface area (Å²) in [6.45, 7) is 2.53. The summed E-state index contributed by atoms with van der Waals surface area (Å²) in [7, 11) is 0. The number of halogens is 1. The lowest BCUT2D eigenvalue weighted by atomic mass is 10.3. The van der Waals surface area contributed by atoms with E-state index in [-0.39, 0.29) is 5.25 Å². The van der Waals surface area contributed by atoms with E-state index in [2.05, 4.69) is 39.9 Å². The molecule has 2 aromatic carbocycles. The molecule has 8 heteroatoms. The second-order valence-electron chi connectivity index (χ2n) is 7.00. The van der Waals surface area contributed by atoms with Gasteiger partial charge in [0, 0.05) is 6.04 Å². The minimum atomic E-state index is 0.200. The molecule has 0 amide bonds. The summed E-state index contributed by atoms with van der Waals surface area (Å²) < 4.78 is 9.35. The van der Waals surface area contributed by atoms with Crippen molar-refractivity contribution in [1.29, 1.82) is 0 Å². The molecule has 29 heavy (non-hydrogen) atoms. The predicted octanol–water partition coefficient (Wildman–Crippen LogP) is 6.31. The number of thioether (sulfide) groups is 1. The second-order valence-corrected chi connectivity index (χ2v) is 9.78. The fourth-order valence-corrected chi connectivity index (χ4v) is 5.47. The van der Waals surface area contributed by atoms with Crippen molar-refractivity contribution < 1.29 is 4.74 Å². The van der Waals surface area contributed by atoms with Crippen LogP contribution >= 0.6 is 34.7 Å². The second kappa shape index (κ2) is 7.97. The van der Waals surface area contributed by atoms with E-state index in [1.54, 1.807) is 23.1 Å². The Kier molecular flexibility index (Phi) is 5.20. The van der Waals surface area contributed by atoms with Crippen LogP contribution in [0.5, 0.6) is 5.75 Å². The Balaban J connectivity index is 1.35. The largest absolute Gasteiger partial charge is 0.484 e. The number of hydrogen-bond acceptors (Lipinski definition) is 6. The van der Waals surface area contributed by atoms with Gasteiger partial charge in [0.05, 0.1) is 20.5 Å². The number of thiazole rings is 1. The van der Waals surface area contributed by atoms with E-state index in [4.69, 9.17) is 21.3 Å². The van der Waals surface area contributed by atoms with E-state index in [0.717, 1.165) is 34.3 Å². The van der Waals surface area contributed by atoms with Crippen LogP contribution in [-0.2, 0) is 6.61 Å². The third-order valence-corrected chi connectivity index (χ3v) is 7.53. The number of aromatic nitrogens is 4. The highest BCUT2D eigenvalue weighted by molar-refractivity contribution is 7.99. The highest BCUT2D eigenvalue weighted by Crippen LogP contribution is 2.43. The highest BCUT2D eigenvalue weighted by Gasteiger charge is 2.31. The van der Waals surface area contributed by atoms with Crippen LogP contribution in [0.2, 0.25) is 5.02 Å². The van der Waals surface area contributed by atoms with Gasteiger partial charge in [-0.1, -0.05) is 47.6 Å². The maximum absolute atomic E-state index is 6.20. The summed E-state index contributed by atoms with van der Waals surface area (Å²) in [4.78, 5) is 4.79. The molecule has 0 spiro atoms. The first-order chi connectivity index (χ1) is 14.2. The fourth-order valence-electron chi connectivity index (χ4n) is 3.16. The SMILES string of the molecule is CC(Sc1nnc(COc2ccccc2Cl)n1C1CC1)c1nc2ccccc2s1. The van der Waals surface area contributed by atoms with Crippen LogP contribution in [0.4, 0.5) is 0 Å². The molecule has 148 valence electrons. The molecule has 0 bridgehead atoms. The minimum absolute atomic E-state index is 0.200. The average molecular weight is 443 g/mol. The summed E-state index contributed by atoms with van der Waals surface area (Å²) in [5, 5.41) is 11.7. The van der Waals surface area contributed by atoms with E-state index in [0.29, 0.717) is 23.4 Å². The zero-order valence-corrected chi connectivity index (χ0v) is 18.2. The fraction of sp³-hybridized carbons (Fsp3) is 0.286. The van der Waals surface area contributed by atoms with E-state index >= 15 is 0 Å². The van der Waals surface area contributed by atoms with Crippen LogP contribution in [-0.4, -0.2) is 19.7 Å². The monoisotopic (exact) mass is 442 g/mol. The first-order valence-electron chi connectivity index (χ1n) is 9.52. The van der Waals surface area contributed by atoms with Gasteiger partial charge < -0.3 is 4.74 Å². The number of ether oxygens (including phenoxy) is 1. The number of hydrogen-bond donors (Lipinski definition) is 0. The maximum Gasteiger partial charge on any atom is 0.192 e. The molecule has 1 aliphatic carbocycles. The molecule has 0 saturated heterocycles. The number of benzene rings is 2. The van der Waals surface area contributed by atoms with Gasteiger partial charge in [-0.2, -0.15) is 0 Å². The van der Waals surface area contributed by atoms with E-state index in [9.17, 15) is 0 Å². The molecule has 5 nitrogen and oxygen atoms in total. The van der Waals surface area contributed by atoms with E-state index in [1.165, 1.54) is 4.70 Å². The predicted molar refractivity (Wildman–Crippen MR) is 118 cm³/mol. The molecule has 2 heterocycles. The molecular formula is C21H19ClN4OS2. The van der Waals surface area contributed by atoms with E-state index < -0.39 is 0 Å². The van der Waals surface area contributed by atoms with Gasteiger partial charge in [0.25, 0.3) is 0 Å². The van der Waals surface area contributed by atoms with Gasteiger partial charge in [0.2, 0.25) is 0 Å². The third-order valence-electron chi connectivity index (χ3n) is 4.78. The van der Waals surface area contributed by atoms with Crippen molar-refractivity contribution in [2.75, 3.05) is 0 Å². The molecule has 4 aromatic rings. The standard InChI is InChI=1S/C21H19ClN4OS2/c1-13(20-23-16-7-3-5-9-18(16)29-20)28-21-25-24-19(26(21)14-10-11-14)12-27-17-8-4-2-6-15(17)22/h2-9,13-14H,10-12H2,1H3. The Morgan fingerprint density at radius 1 is 1.17 bits per heavy atom. The lowest BCUT2D eigenvalue weighted by molar-refractivity contribution is 0.288. The van der Waals surface area contributed by atoms with Crippen molar-refractivity contribution in [3.05, 3.63) is 64.4 Å². The Morgan fingerprint density at radius 2 is 1.97 bits per heavy atom. The summed E-state index contributed by atoms with van der Waals surface area (Å²) in [5.74, 6) is 1.50. The first-order valence-corrected chi connectivity index (χ1v) is 11.6. The molecule has 1 atom stereocenters. The molecule has 0 aliphatic heterocycles. The number of nitrogens with zero attached hydrogens (tertiary/aromatic N) is 4. The maximum atomic E-state index is 6.20. The minimum Gasteiger partial charge on any atom is -0.484 e.